The van der Waals surface area contributed by atoms with Crippen molar-refractivity contribution < 1.29 is 23.8 Å². The third-order valence-electron chi connectivity index (χ3n) is 4.31. The highest BCUT2D eigenvalue weighted by molar-refractivity contribution is 6.38. The molecule has 1 aliphatic rings. The largest absolute Gasteiger partial charge is 0.495 e. The Bertz CT molecular complexity index is 795. The van der Waals surface area contributed by atoms with Crippen molar-refractivity contribution in [3.05, 3.63) is 32.9 Å². The van der Waals surface area contributed by atoms with Gasteiger partial charge in [0.25, 0.3) is 0 Å². The van der Waals surface area contributed by atoms with E-state index in [9.17, 15) is 9.59 Å². The fourth-order valence-electron chi connectivity index (χ4n) is 3.06. The molecule has 0 spiro atoms. The van der Waals surface area contributed by atoms with Gasteiger partial charge in [-0.3, -0.25) is 0 Å². The molecule has 0 saturated heterocycles. The molecule has 0 radical (unpaired) electrons. The van der Waals surface area contributed by atoms with Crippen LogP contribution in [0.4, 0.5) is 4.79 Å². The zero-order valence-corrected chi connectivity index (χ0v) is 17.8. The predicted octanol–water partition coefficient (Wildman–Crippen LogP) is 4.37. The minimum atomic E-state index is -0.837. The lowest BCUT2D eigenvalue weighted by Gasteiger charge is -2.30. The van der Waals surface area contributed by atoms with E-state index in [1.54, 1.807) is 13.0 Å². The normalized spacial score (nSPS) is 16.4. The Kier molecular flexibility index (Phi) is 7.83. The Morgan fingerprint density at radius 3 is 2.43 bits per heavy atom. The van der Waals surface area contributed by atoms with Gasteiger partial charge in [-0.25, -0.2) is 9.59 Å². The minimum Gasteiger partial charge on any atom is -0.495 e. The Balaban J connectivity index is 2.69. The number of allylic oxidation sites excluding steroid dienone is 1. The van der Waals surface area contributed by atoms with E-state index >= 15 is 0 Å². The molecule has 0 saturated carbocycles. The number of rotatable bonds is 8. The molecule has 1 aromatic carbocycles. The van der Waals surface area contributed by atoms with E-state index in [2.05, 4.69) is 10.6 Å². The van der Waals surface area contributed by atoms with Crippen LogP contribution >= 0.6 is 23.2 Å². The van der Waals surface area contributed by atoms with Crippen molar-refractivity contribution in [2.45, 2.75) is 39.2 Å². The van der Waals surface area contributed by atoms with Crippen molar-refractivity contribution >= 4 is 35.2 Å². The number of nitrogens with one attached hydrogen (secondary N) is 2. The summed E-state index contributed by atoms with van der Waals surface area (Å²) in [5, 5.41) is 5.86. The molecule has 1 aliphatic heterocycles. The first kappa shape index (κ1) is 22.2. The van der Waals surface area contributed by atoms with Gasteiger partial charge in [-0.15, -0.1) is 0 Å². The van der Waals surface area contributed by atoms with Crippen molar-refractivity contribution in [3.8, 4) is 11.5 Å². The monoisotopic (exact) mass is 430 g/mol. The number of benzene rings is 1. The van der Waals surface area contributed by atoms with Crippen LogP contribution in [0, 0.1) is 0 Å². The van der Waals surface area contributed by atoms with Crippen LogP contribution < -0.4 is 20.1 Å². The average molecular weight is 431 g/mol. The summed E-state index contributed by atoms with van der Waals surface area (Å²) < 4.78 is 15.9. The Morgan fingerprint density at radius 1 is 1.18 bits per heavy atom. The number of hydrogen-bond donors (Lipinski definition) is 2. The van der Waals surface area contributed by atoms with Crippen LogP contribution in [0.15, 0.2) is 17.3 Å². The first-order valence-electron chi connectivity index (χ1n) is 8.96. The summed E-state index contributed by atoms with van der Waals surface area (Å²) in [6.45, 7) is 3.94. The number of urea groups is 1. The van der Waals surface area contributed by atoms with Crippen LogP contribution in [0.3, 0.4) is 0 Å². The van der Waals surface area contributed by atoms with Gasteiger partial charge in [-0.1, -0.05) is 36.5 Å². The van der Waals surface area contributed by atoms with E-state index in [4.69, 9.17) is 37.4 Å². The summed E-state index contributed by atoms with van der Waals surface area (Å²) in [5.41, 5.74) is 1.25. The van der Waals surface area contributed by atoms with Crippen molar-refractivity contribution in [2.75, 3.05) is 20.8 Å². The number of ether oxygens (including phenoxy) is 3. The van der Waals surface area contributed by atoms with E-state index in [1.807, 2.05) is 6.92 Å². The highest BCUT2D eigenvalue weighted by atomic mass is 35.5. The predicted molar refractivity (Wildman–Crippen MR) is 107 cm³/mol. The fraction of sp³-hybridized carbons (Fsp3) is 0.474. The molecule has 2 N–H and O–H groups in total. The molecule has 1 aromatic rings. The van der Waals surface area contributed by atoms with Gasteiger partial charge >= 0.3 is 12.0 Å². The molecule has 2 rings (SSSR count). The molecule has 28 heavy (non-hydrogen) atoms. The second kappa shape index (κ2) is 9.89. The zero-order chi connectivity index (χ0) is 20.8. The van der Waals surface area contributed by atoms with E-state index < -0.39 is 18.0 Å². The molecule has 2 amide bonds. The Labute approximate surface area is 174 Å². The summed E-state index contributed by atoms with van der Waals surface area (Å²) >= 11 is 12.7. The topological polar surface area (TPSA) is 85.9 Å². The number of unbranched alkanes of at least 4 members (excludes halogenated alkanes) is 1. The number of amides is 2. The number of halogens is 2. The van der Waals surface area contributed by atoms with Crippen LogP contribution in [0.5, 0.6) is 11.5 Å². The molecule has 0 bridgehead atoms. The van der Waals surface area contributed by atoms with Gasteiger partial charge in [0, 0.05) is 11.3 Å². The first-order valence-corrected chi connectivity index (χ1v) is 9.72. The fourth-order valence-corrected chi connectivity index (χ4v) is 3.77. The van der Waals surface area contributed by atoms with Crippen LogP contribution in [-0.2, 0) is 9.53 Å². The quantitative estimate of drug-likeness (QED) is 0.597. The van der Waals surface area contributed by atoms with E-state index in [0.717, 1.165) is 12.8 Å². The van der Waals surface area contributed by atoms with Gasteiger partial charge in [-0.05, 0) is 25.8 Å². The molecule has 1 heterocycles. The second-order valence-electron chi connectivity index (χ2n) is 6.08. The summed E-state index contributed by atoms with van der Waals surface area (Å²) in [7, 11) is 2.87. The maximum Gasteiger partial charge on any atom is 0.338 e. The number of carbonyl (C=O) groups is 2. The van der Waals surface area contributed by atoms with Crippen LogP contribution in [0.2, 0.25) is 10.0 Å². The van der Waals surface area contributed by atoms with Crippen molar-refractivity contribution in [1.29, 1.82) is 0 Å². The lowest BCUT2D eigenvalue weighted by Crippen LogP contribution is -2.46. The molecule has 1 unspecified atom stereocenters. The third-order valence-corrected chi connectivity index (χ3v) is 4.93. The second-order valence-corrected chi connectivity index (χ2v) is 6.86. The molecule has 9 heteroatoms. The summed E-state index contributed by atoms with van der Waals surface area (Å²) in [6.07, 6.45) is 2.22. The van der Waals surface area contributed by atoms with E-state index in [0.29, 0.717) is 23.3 Å². The van der Waals surface area contributed by atoms with Gasteiger partial charge in [-0.2, -0.15) is 0 Å². The summed E-state index contributed by atoms with van der Waals surface area (Å²) in [6, 6.07) is 0.294. The highest BCUT2D eigenvalue weighted by Crippen LogP contribution is 2.46. The van der Waals surface area contributed by atoms with Crippen LogP contribution in [0.1, 0.15) is 44.7 Å². The van der Waals surface area contributed by atoms with Crippen LogP contribution in [0.25, 0.3) is 0 Å². The van der Waals surface area contributed by atoms with E-state index in [-0.39, 0.29) is 28.2 Å². The third kappa shape index (κ3) is 4.47. The minimum absolute atomic E-state index is 0.151. The van der Waals surface area contributed by atoms with Gasteiger partial charge in [0.1, 0.15) is 10.8 Å². The van der Waals surface area contributed by atoms with Crippen molar-refractivity contribution in [3.63, 3.8) is 0 Å². The van der Waals surface area contributed by atoms with Gasteiger partial charge in [0.05, 0.1) is 37.5 Å². The van der Waals surface area contributed by atoms with Crippen molar-refractivity contribution in [1.82, 2.24) is 10.6 Å². The van der Waals surface area contributed by atoms with E-state index in [1.165, 1.54) is 14.2 Å². The number of esters is 1. The number of hydrogen-bond acceptors (Lipinski definition) is 5. The standard InChI is InChI=1S/C19H24Cl2N2O5/c1-5-7-8-12-13(18(24)28-6-2)15(23-19(25)22-12)10-9-11(20)17(27-4)14(21)16(10)26-3/h9,15H,5-8H2,1-4H3,(H2,22,23,25). The first-order chi connectivity index (χ1) is 13.4. The molecule has 154 valence electrons. The average Bonchev–Trinajstić information content (AvgIpc) is 2.65. The Morgan fingerprint density at radius 2 is 1.86 bits per heavy atom. The molecular formula is C19H24Cl2N2O5. The van der Waals surface area contributed by atoms with Crippen molar-refractivity contribution in [2.24, 2.45) is 0 Å². The zero-order valence-electron chi connectivity index (χ0n) is 16.3. The summed E-state index contributed by atoms with van der Waals surface area (Å²) in [4.78, 5) is 25.1. The lowest BCUT2D eigenvalue weighted by atomic mass is 9.92. The van der Waals surface area contributed by atoms with Gasteiger partial charge < -0.3 is 24.8 Å². The summed E-state index contributed by atoms with van der Waals surface area (Å²) in [5.74, 6) is -0.0277. The molecule has 0 aliphatic carbocycles. The molecule has 0 fully saturated rings. The van der Waals surface area contributed by atoms with Crippen LogP contribution in [-0.4, -0.2) is 32.8 Å². The van der Waals surface area contributed by atoms with Gasteiger partial charge in [0.2, 0.25) is 0 Å². The van der Waals surface area contributed by atoms with Gasteiger partial charge in [0.15, 0.2) is 5.75 Å². The highest BCUT2D eigenvalue weighted by Gasteiger charge is 2.36. The maximum atomic E-state index is 12.8. The molecular weight excluding hydrogens is 407 g/mol. The maximum absolute atomic E-state index is 12.8. The number of methoxy groups -OCH3 is 2. The lowest BCUT2D eigenvalue weighted by molar-refractivity contribution is -0.139. The SMILES string of the molecule is CCCCC1=C(C(=O)OCC)C(c2cc(Cl)c(OC)c(Cl)c2OC)NC(=O)N1. The Hall–Kier alpha value is -2.12. The smallest absolute Gasteiger partial charge is 0.338 e. The molecule has 0 aromatic heterocycles. The number of carbonyl (C=O) groups excluding carboxylic acids is 2. The molecule has 7 nitrogen and oxygen atoms in total. The molecule has 1 atom stereocenters.